The van der Waals surface area contributed by atoms with Gasteiger partial charge in [0.15, 0.2) is 0 Å². The van der Waals surface area contributed by atoms with Crippen molar-refractivity contribution >= 4 is 5.97 Å². The van der Waals surface area contributed by atoms with E-state index in [9.17, 15) is 4.79 Å². The predicted octanol–water partition coefficient (Wildman–Crippen LogP) is 1.44. The van der Waals surface area contributed by atoms with Crippen LogP contribution in [-0.2, 0) is 4.74 Å². The number of hydrogen-bond donors (Lipinski definition) is 1. The fourth-order valence-corrected chi connectivity index (χ4v) is 1.46. The molecule has 0 amide bonds. The van der Waals surface area contributed by atoms with Crippen molar-refractivity contribution in [2.24, 2.45) is 0 Å². The number of terminal acetylenes is 1. The number of unbranched alkanes of at least 4 members (excludes halogenated alkanes) is 1. The number of nitrogens with one attached hydrogen (secondary N) is 1. The zero-order chi connectivity index (χ0) is 13.5. The predicted molar refractivity (Wildman–Crippen MR) is 68.0 cm³/mol. The Kier molecular flexibility index (Phi) is 4.24. The van der Waals surface area contributed by atoms with Crippen LogP contribution >= 0.6 is 0 Å². The number of ether oxygens (including phenoxy) is 1. The molecule has 1 heterocycles. The molecule has 96 valence electrons. The number of H-pyrrole nitrogens is 1. The first kappa shape index (κ1) is 12.8. The summed E-state index contributed by atoms with van der Waals surface area (Å²) in [5.41, 5.74) is 1.26. The van der Waals surface area contributed by atoms with E-state index in [2.05, 4.69) is 26.5 Å². The second-order valence-corrected chi connectivity index (χ2v) is 3.76. The molecule has 2 aromatic rings. The van der Waals surface area contributed by atoms with Crippen molar-refractivity contribution in [2.75, 3.05) is 6.61 Å². The lowest BCUT2D eigenvalue weighted by molar-refractivity contribution is 0.0502. The molecule has 1 aromatic heterocycles. The second kappa shape index (κ2) is 6.31. The lowest BCUT2D eigenvalue weighted by Crippen LogP contribution is -2.06. The number of rotatable bonds is 5. The van der Waals surface area contributed by atoms with Crippen molar-refractivity contribution in [3.8, 4) is 23.7 Å². The molecule has 0 unspecified atom stereocenters. The summed E-state index contributed by atoms with van der Waals surface area (Å²) in [5, 5.41) is 13.5. The van der Waals surface area contributed by atoms with Crippen molar-refractivity contribution < 1.29 is 9.53 Å². The van der Waals surface area contributed by atoms with Crippen molar-refractivity contribution in [3.05, 3.63) is 29.8 Å². The summed E-state index contributed by atoms with van der Waals surface area (Å²) in [5.74, 6) is 2.61. The first-order chi connectivity index (χ1) is 9.31. The van der Waals surface area contributed by atoms with Gasteiger partial charge in [-0.1, -0.05) is 12.1 Å². The van der Waals surface area contributed by atoms with E-state index in [-0.39, 0.29) is 5.97 Å². The van der Waals surface area contributed by atoms with Crippen molar-refractivity contribution in [2.45, 2.75) is 12.8 Å². The van der Waals surface area contributed by atoms with Gasteiger partial charge in [-0.3, -0.25) is 0 Å². The molecule has 6 heteroatoms. The number of tetrazole rings is 1. The van der Waals surface area contributed by atoms with Gasteiger partial charge in [-0.15, -0.1) is 22.5 Å². The molecule has 0 radical (unpaired) electrons. The van der Waals surface area contributed by atoms with E-state index in [0.717, 1.165) is 5.56 Å². The van der Waals surface area contributed by atoms with Crippen molar-refractivity contribution in [1.29, 1.82) is 0 Å². The third kappa shape index (κ3) is 3.39. The average Bonchev–Trinajstić information content (AvgIpc) is 2.98. The number of esters is 1. The molecule has 0 aliphatic rings. The van der Waals surface area contributed by atoms with E-state index in [1.807, 2.05) is 0 Å². The zero-order valence-corrected chi connectivity index (χ0v) is 10.2. The topological polar surface area (TPSA) is 80.8 Å². The minimum absolute atomic E-state index is 0.329. The van der Waals surface area contributed by atoms with Gasteiger partial charge in [-0.2, -0.15) is 5.21 Å². The fourth-order valence-electron chi connectivity index (χ4n) is 1.46. The Balaban J connectivity index is 1.95. The van der Waals surface area contributed by atoms with Crippen LogP contribution in [0, 0.1) is 12.3 Å². The number of hydrogen-bond acceptors (Lipinski definition) is 5. The van der Waals surface area contributed by atoms with Crippen LogP contribution < -0.4 is 0 Å². The summed E-state index contributed by atoms with van der Waals surface area (Å²) in [6.07, 6.45) is 6.38. The standard InChI is InChI=1S/C13H12N4O2/c1-2-3-4-9-19-13(18)11-7-5-10(6-8-11)12-14-16-17-15-12/h1,5-8H,3-4,9H2,(H,14,15,16,17). The van der Waals surface area contributed by atoms with Crippen LogP contribution in [0.15, 0.2) is 24.3 Å². The molecule has 0 saturated heterocycles. The number of carbonyl (C=O) groups excluding carboxylic acids is 1. The van der Waals surface area contributed by atoms with Gasteiger partial charge in [0, 0.05) is 12.0 Å². The molecule has 0 aliphatic heterocycles. The van der Waals surface area contributed by atoms with Crippen molar-refractivity contribution in [3.63, 3.8) is 0 Å². The molecule has 0 fully saturated rings. The first-order valence-electron chi connectivity index (χ1n) is 5.75. The Labute approximate surface area is 110 Å². The Hall–Kier alpha value is -2.68. The monoisotopic (exact) mass is 256 g/mol. The lowest BCUT2D eigenvalue weighted by Gasteiger charge is -2.03. The van der Waals surface area contributed by atoms with E-state index < -0.39 is 0 Å². The number of carbonyl (C=O) groups is 1. The molecular weight excluding hydrogens is 244 g/mol. The highest BCUT2D eigenvalue weighted by atomic mass is 16.5. The Morgan fingerprint density at radius 1 is 1.37 bits per heavy atom. The van der Waals surface area contributed by atoms with Gasteiger partial charge in [0.1, 0.15) is 0 Å². The smallest absolute Gasteiger partial charge is 0.338 e. The average molecular weight is 256 g/mol. The largest absolute Gasteiger partial charge is 0.462 e. The zero-order valence-electron chi connectivity index (χ0n) is 10.2. The lowest BCUT2D eigenvalue weighted by atomic mass is 10.1. The maximum atomic E-state index is 11.7. The van der Waals surface area contributed by atoms with E-state index in [1.165, 1.54) is 0 Å². The summed E-state index contributed by atoms with van der Waals surface area (Å²) in [6.45, 7) is 0.329. The normalized spacial score (nSPS) is 9.84. The Bertz CT molecular complexity index is 570. The van der Waals surface area contributed by atoms with Crippen LogP contribution in [0.5, 0.6) is 0 Å². The van der Waals surface area contributed by atoms with Gasteiger partial charge in [0.25, 0.3) is 0 Å². The van der Waals surface area contributed by atoms with Crippen LogP contribution in [-0.4, -0.2) is 33.2 Å². The quantitative estimate of drug-likeness (QED) is 0.497. The van der Waals surface area contributed by atoms with Gasteiger partial charge in [-0.25, -0.2) is 4.79 Å². The van der Waals surface area contributed by atoms with Gasteiger partial charge in [0.2, 0.25) is 5.82 Å². The fraction of sp³-hybridized carbons (Fsp3) is 0.231. The van der Waals surface area contributed by atoms with Crippen molar-refractivity contribution in [1.82, 2.24) is 20.6 Å². The minimum atomic E-state index is -0.364. The summed E-state index contributed by atoms with van der Waals surface area (Å²) in [6, 6.07) is 6.80. The summed E-state index contributed by atoms with van der Waals surface area (Å²) < 4.78 is 5.08. The highest BCUT2D eigenvalue weighted by Gasteiger charge is 2.08. The Morgan fingerprint density at radius 3 is 2.79 bits per heavy atom. The SMILES string of the molecule is C#CCCCOC(=O)c1ccc(-c2nn[nH]n2)cc1. The molecule has 0 saturated carbocycles. The molecule has 1 aromatic carbocycles. The number of aromatic nitrogens is 4. The number of aromatic amines is 1. The summed E-state index contributed by atoms with van der Waals surface area (Å²) in [7, 11) is 0. The van der Waals surface area contributed by atoms with Crippen LogP contribution in [0.4, 0.5) is 0 Å². The Morgan fingerprint density at radius 2 is 2.16 bits per heavy atom. The first-order valence-corrected chi connectivity index (χ1v) is 5.75. The van der Waals surface area contributed by atoms with Crippen LogP contribution in [0.25, 0.3) is 11.4 Å². The number of nitrogens with zero attached hydrogens (tertiary/aromatic N) is 3. The summed E-state index contributed by atoms with van der Waals surface area (Å²) in [4.78, 5) is 11.7. The molecule has 1 N–H and O–H groups in total. The van der Waals surface area contributed by atoms with Gasteiger partial charge >= 0.3 is 5.97 Å². The van der Waals surface area contributed by atoms with Gasteiger partial charge in [0.05, 0.1) is 12.2 Å². The second-order valence-electron chi connectivity index (χ2n) is 3.76. The highest BCUT2D eigenvalue weighted by molar-refractivity contribution is 5.89. The summed E-state index contributed by atoms with van der Waals surface area (Å²) >= 11 is 0. The third-order valence-electron chi connectivity index (χ3n) is 2.42. The van der Waals surface area contributed by atoms with Crippen LogP contribution in [0.3, 0.4) is 0 Å². The van der Waals surface area contributed by atoms with Crippen LogP contribution in [0.1, 0.15) is 23.2 Å². The molecule has 0 atom stereocenters. The third-order valence-corrected chi connectivity index (χ3v) is 2.42. The highest BCUT2D eigenvalue weighted by Crippen LogP contribution is 2.14. The van der Waals surface area contributed by atoms with E-state index in [0.29, 0.717) is 30.8 Å². The maximum Gasteiger partial charge on any atom is 0.338 e. The molecule has 19 heavy (non-hydrogen) atoms. The molecule has 2 rings (SSSR count). The molecule has 0 spiro atoms. The van der Waals surface area contributed by atoms with Gasteiger partial charge in [-0.05, 0) is 23.8 Å². The molecular formula is C13H12N4O2. The van der Waals surface area contributed by atoms with Gasteiger partial charge < -0.3 is 4.74 Å². The molecule has 0 aliphatic carbocycles. The molecule has 6 nitrogen and oxygen atoms in total. The van der Waals surface area contributed by atoms with E-state index >= 15 is 0 Å². The van der Waals surface area contributed by atoms with Crippen LogP contribution in [0.2, 0.25) is 0 Å². The molecule has 0 bridgehead atoms. The van der Waals surface area contributed by atoms with E-state index in [1.54, 1.807) is 24.3 Å². The maximum absolute atomic E-state index is 11.7. The number of benzene rings is 1. The van der Waals surface area contributed by atoms with E-state index in [4.69, 9.17) is 11.2 Å². The minimum Gasteiger partial charge on any atom is -0.462 e.